The second-order valence-corrected chi connectivity index (χ2v) is 7.01. The van der Waals surface area contributed by atoms with Crippen LogP contribution in [-0.4, -0.2) is 18.5 Å². The van der Waals surface area contributed by atoms with Crippen LogP contribution in [0.5, 0.6) is 0 Å². The Morgan fingerprint density at radius 2 is 1.92 bits per heavy atom. The molecule has 3 N–H and O–H groups in total. The van der Waals surface area contributed by atoms with Crippen LogP contribution >= 0.6 is 23.2 Å². The lowest BCUT2D eigenvalue weighted by molar-refractivity contribution is -0.119. The molecule has 0 spiro atoms. The van der Waals surface area contributed by atoms with E-state index in [4.69, 9.17) is 33.7 Å². The zero-order chi connectivity index (χ0) is 19.4. The third kappa shape index (κ3) is 4.68. The van der Waals surface area contributed by atoms with E-state index in [1.54, 1.807) is 0 Å². The number of nitrogen functional groups attached to an aromatic ring is 1. The van der Waals surface area contributed by atoms with Gasteiger partial charge in [-0.3, -0.25) is 4.79 Å². The lowest BCUT2D eigenvalue weighted by Crippen LogP contribution is -2.22. The molecule has 2 rings (SSSR count). The summed E-state index contributed by atoms with van der Waals surface area (Å²) in [4.78, 5) is 24.4. The fraction of sp³-hybridized carbons (Fsp3) is 0.263. The molecule has 0 aliphatic carbocycles. The van der Waals surface area contributed by atoms with Crippen LogP contribution in [-0.2, 0) is 9.53 Å². The Labute approximate surface area is 162 Å². The highest BCUT2D eigenvalue weighted by atomic mass is 35.5. The van der Waals surface area contributed by atoms with Crippen LogP contribution in [0.2, 0.25) is 10.0 Å². The van der Waals surface area contributed by atoms with Crippen molar-refractivity contribution in [2.24, 2.45) is 0 Å². The number of anilines is 2. The largest absolute Gasteiger partial charge is 0.452 e. The lowest BCUT2D eigenvalue weighted by atomic mass is 9.98. The van der Waals surface area contributed by atoms with E-state index in [0.717, 1.165) is 16.8 Å². The van der Waals surface area contributed by atoms with Crippen molar-refractivity contribution in [1.82, 2.24) is 0 Å². The zero-order valence-electron chi connectivity index (χ0n) is 14.7. The van der Waals surface area contributed by atoms with Crippen molar-refractivity contribution in [2.75, 3.05) is 17.7 Å². The predicted molar refractivity (Wildman–Crippen MR) is 105 cm³/mol. The molecule has 2 aromatic rings. The average Bonchev–Trinajstić information content (AvgIpc) is 2.57. The van der Waals surface area contributed by atoms with Crippen molar-refractivity contribution in [3.63, 3.8) is 0 Å². The zero-order valence-corrected chi connectivity index (χ0v) is 16.2. The van der Waals surface area contributed by atoms with Gasteiger partial charge in [-0.15, -0.1) is 0 Å². The fourth-order valence-electron chi connectivity index (χ4n) is 2.48. The number of amides is 1. The fourth-order valence-corrected chi connectivity index (χ4v) is 2.97. The molecule has 138 valence electrons. The highest BCUT2D eigenvalue weighted by molar-refractivity contribution is 6.37. The normalized spacial score (nSPS) is 10.7. The summed E-state index contributed by atoms with van der Waals surface area (Å²) in [7, 11) is 0. The van der Waals surface area contributed by atoms with Gasteiger partial charge in [-0.05, 0) is 36.1 Å². The molecule has 0 aromatic heterocycles. The molecular formula is C19H20Cl2N2O3. The summed E-state index contributed by atoms with van der Waals surface area (Å²) >= 11 is 11.8. The number of rotatable bonds is 5. The topological polar surface area (TPSA) is 81.4 Å². The Bertz CT molecular complexity index is 851. The number of esters is 1. The van der Waals surface area contributed by atoms with E-state index in [2.05, 4.69) is 5.32 Å². The van der Waals surface area contributed by atoms with Gasteiger partial charge >= 0.3 is 5.97 Å². The maximum atomic E-state index is 12.2. The molecule has 26 heavy (non-hydrogen) atoms. The van der Waals surface area contributed by atoms with Crippen LogP contribution in [0.3, 0.4) is 0 Å². The number of carbonyl (C=O) groups excluding carboxylic acids is 2. The molecule has 0 bridgehead atoms. The maximum absolute atomic E-state index is 12.2. The van der Waals surface area contributed by atoms with Gasteiger partial charge < -0.3 is 15.8 Å². The smallest absolute Gasteiger partial charge is 0.340 e. The summed E-state index contributed by atoms with van der Waals surface area (Å²) in [6, 6.07) is 8.57. The van der Waals surface area contributed by atoms with Crippen LogP contribution in [0, 0.1) is 6.92 Å². The molecule has 0 unspecified atom stereocenters. The summed E-state index contributed by atoms with van der Waals surface area (Å²) in [5.74, 6) is -0.974. The molecule has 0 saturated heterocycles. The summed E-state index contributed by atoms with van der Waals surface area (Å²) < 4.78 is 5.04. The maximum Gasteiger partial charge on any atom is 0.340 e. The molecule has 0 fully saturated rings. The summed E-state index contributed by atoms with van der Waals surface area (Å²) in [5.41, 5.74) is 8.52. The van der Waals surface area contributed by atoms with Gasteiger partial charge in [-0.1, -0.05) is 55.2 Å². The average molecular weight is 395 g/mol. The number of carbonyl (C=O) groups is 2. The van der Waals surface area contributed by atoms with Crippen molar-refractivity contribution in [3.8, 4) is 0 Å². The number of benzene rings is 2. The van der Waals surface area contributed by atoms with Gasteiger partial charge in [0, 0.05) is 10.7 Å². The monoisotopic (exact) mass is 394 g/mol. The van der Waals surface area contributed by atoms with Crippen molar-refractivity contribution in [1.29, 1.82) is 0 Å². The van der Waals surface area contributed by atoms with Gasteiger partial charge in [0.1, 0.15) is 0 Å². The van der Waals surface area contributed by atoms with Gasteiger partial charge in [0.2, 0.25) is 0 Å². The first-order valence-corrected chi connectivity index (χ1v) is 8.77. The van der Waals surface area contributed by atoms with E-state index < -0.39 is 18.5 Å². The number of nitrogens with one attached hydrogen (secondary N) is 1. The highest BCUT2D eigenvalue weighted by Crippen LogP contribution is 2.29. The first-order chi connectivity index (χ1) is 12.2. The number of hydrogen-bond donors (Lipinski definition) is 2. The number of para-hydroxylation sites is 1. The first kappa shape index (κ1) is 20.1. The van der Waals surface area contributed by atoms with Crippen molar-refractivity contribution in [3.05, 3.63) is 57.1 Å². The van der Waals surface area contributed by atoms with Gasteiger partial charge in [-0.2, -0.15) is 0 Å². The molecule has 0 heterocycles. The van der Waals surface area contributed by atoms with Crippen LogP contribution < -0.4 is 11.1 Å². The van der Waals surface area contributed by atoms with Crippen LogP contribution in [0.25, 0.3) is 0 Å². The third-order valence-corrected chi connectivity index (χ3v) is 4.37. The van der Waals surface area contributed by atoms with Crippen LogP contribution in [0.4, 0.5) is 11.4 Å². The molecule has 5 nitrogen and oxygen atoms in total. The van der Waals surface area contributed by atoms with Crippen LogP contribution in [0.1, 0.15) is 41.3 Å². The summed E-state index contributed by atoms with van der Waals surface area (Å²) in [5, 5.41) is 3.21. The van der Waals surface area contributed by atoms with E-state index in [-0.39, 0.29) is 27.2 Å². The molecule has 0 aliphatic heterocycles. The van der Waals surface area contributed by atoms with Gasteiger partial charge in [0.05, 0.1) is 16.3 Å². The Morgan fingerprint density at radius 1 is 1.23 bits per heavy atom. The van der Waals surface area contributed by atoms with E-state index in [1.807, 2.05) is 39.0 Å². The minimum absolute atomic E-state index is 0.0223. The molecule has 2 aromatic carbocycles. The van der Waals surface area contributed by atoms with E-state index in [0.29, 0.717) is 0 Å². The van der Waals surface area contributed by atoms with Crippen molar-refractivity contribution < 1.29 is 14.3 Å². The number of ether oxygens (including phenoxy) is 1. The Hall–Kier alpha value is -2.24. The molecular weight excluding hydrogens is 375 g/mol. The van der Waals surface area contributed by atoms with Crippen LogP contribution in [0.15, 0.2) is 30.3 Å². The first-order valence-electron chi connectivity index (χ1n) is 8.01. The Kier molecular flexibility index (Phi) is 6.51. The van der Waals surface area contributed by atoms with Gasteiger partial charge in [0.25, 0.3) is 5.91 Å². The molecule has 7 heteroatoms. The molecule has 0 saturated carbocycles. The standard InChI is InChI=1S/C19H20Cl2N2O3/c1-10(2)13-6-4-5-11(3)18(13)23-16(24)9-26-19(25)14-7-12(20)8-15(21)17(14)22/h4-8,10H,9,22H2,1-3H3,(H,23,24). The van der Waals surface area contributed by atoms with E-state index in [9.17, 15) is 9.59 Å². The quantitative estimate of drug-likeness (QED) is 0.563. The number of halogens is 2. The number of nitrogens with two attached hydrogens (primary N) is 1. The highest BCUT2D eigenvalue weighted by Gasteiger charge is 2.18. The number of aryl methyl sites for hydroxylation is 1. The number of hydrogen-bond acceptors (Lipinski definition) is 4. The van der Waals surface area contributed by atoms with Gasteiger partial charge in [0.15, 0.2) is 6.61 Å². The Morgan fingerprint density at radius 3 is 2.58 bits per heavy atom. The van der Waals surface area contributed by atoms with Gasteiger partial charge in [-0.25, -0.2) is 4.79 Å². The van der Waals surface area contributed by atoms with E-state index >= 15 is 0 Å². The van der Waals surface area contributed by atoms with E-state index in [1.165, 1.54) is 12.1 Å². The molecule has 0 atom stereocenters. The third-order valence-electron chi connectivity index (χ3n) is 3.84. The summed E-state index contributed by atoms with van der Waals surface area (Å²) in [6.07, 6.45) is 0. The second kappa shape index (κ2) is 8.43. The molecule has 0 aliphatic rings. The minimum Gasteiger partial charge on any atom is -0.452 e. The summed E-state index contributed by atoms with van der Waals surface area (Å²) in [6.45, 7) is 5.53. The van der Waals surface area contributed by atoms with Crippen molar-refractivity contribution >= 4 is 46.5 Å². The molecule has 0 radical (unpaired) electrons. The lowest BCUT2D eigenvalue weighted by Gasteiger charge is -2.16. The minimum atomic E-state index is -0.768. The molecule has 1 amide bonds. The Balaban J connectivity index is 2.08. The SMILES string of the molecule is Cc1cccc(C(C)C)c1NC(=O)COC(=O)c1cc(Cl)cc(Cl)c1N. The van der Waals surface area contributed by atoms with Crippen molar-refractivity contribution in [2.45, 2.75) is 26.7 Å². The second-order valence-electron chi connectivity index (χ2n) is 6.17. The predicted octanol–water partition coefficient (Wildman–Crippen LogP) is 4.80.